The predicted octanol–water partition coefficient (Wildman–Crippen LogP) is 2.27. The van der Waals surface area contributed by atoms with E-state index in [9.17, 15) is 21.2 Å². The molecule has 0 unspecified atom stereocenters. The van der Waals surface area contributed by atoms with E-state index < -0.39 is 25.9 Å². The smallest absolute Gasteiger partial charge is 0.234 e. The van der Waals surface area contributed by atoms with Crippen molar-refractivity contribution in [1.82, 2.24) is 14.7 Å². The van der Waals surface area contributed by atoms with Gasteiger partial charge in [0.2, 0.25) is 26.0 Å². The molecule has 0 aromatic carbocycles. The molecule has 0 bridgehead atoms. The average Bonchev–Trinajstić information content (AvgIpc) is 3.52. The van der Waals surface area contributed by atoms with Crippen molar-refractivity contribution >= 4 is 31.8 Å². The number of nitrogens with one attached hydrogen (secondary N) is 3. The first-order chi connectivity index (χ1) is 16.0. The van der Waals surface area contributed by atoms with Crippen LogP contribution in [-0.4, -0.2) is 32.8 Å². The molecule has 0 aliphatic heterocycles. The van der Waals surface area contributed by atoms with Gasteiger partial charge in [-0.1, -0.05) is 12.2 Å². The Kier molecular flexibility index (Phi) is 6.79. The molecule has 3 aliphatic carbocycles. The van der Waals surface area contributed by atoms with E-state index in [2.05, 4.69) is 25.3 Å². The lowest BCUT2D eigenvalue weighted by atomic mass is 10.1. The number of sulfonamides is 2. The van der Waals surface area contributed by atoms with Gasteiger partial charge in [-0.2, -0.15) is 4.98 Å². The third-order valence-corrected chi connectivity index (χ3v) is 6.68. The van der Waals surface area contributed by atoms with Crippen molar-refractivity contribution in [3.8, 4) is 0 Å². The van der Waals surface area contributed by atoms with E-state index in [1.165, 1.54) is 5.41 Å². The number of nitrogens with zero attached hydrogens (tertiary/aromatic N) is 2. The zero-order valence-corrected chi connectivity index (χ0v) is 19.5. The number of primary sulfonamides is 1. The molecule has 4 rings (SSSR count). The number of halogens is 1. The van der Waals surface area contributed by atoms with E-state index in [1.807, 2.05) is 0 Å². The molecule has 0 spiro atoms. The van der Waals surface area contributed by atoms with Crippen LogP contribution in [0.1, 0.15) is 25.7 Å². The lowest BCUT2D eigenvalue weighted by Crippen LogP contribution is -2.23. The van der Waals surface area contributed by atoms with Gasteiger partial charge in [-0.15, -0.1) is 0 Å². The van der Waals surface area contributed by atoms with Gasteiger partial charge in [0.1, 0.15) is 0 Å². The van der Waals surface area contributed by atoms with Crippen LogP contribution >= 0.6 is 0 Å². The first-order valence-electron chi connectivity index (χ1n) is 10.3. The molecule has 0 atom stereocenters. The summed E-state index contributed by atoms with van der Waals surface area (Å²) in [5, 5.41) is 12.9. The molecule has 3 aliphatic rings. The minimum Gasteiger partial charge on any atom is -0.338 e. The molecule has 1 fully saturated rings. The number of hydrogen-bond acceptors (Lipinski definition) is 8. The highest BCUT2D eigenvalue weighted by Crippen LogP contribution is 2.24. The summed E-state index contributed by atoms with van der Waals surface area (Å²) >= 11 is 0. The van der Waals surface area contributed by atoms with Gasteiger partial charge in [-0.25, -0.2) is 36.1 Å². The molecular formula is C21H23FN6O4S2. The Morgan fingerprint density at radius 1 is 0.971 bits per heavy atom. The maximum absolute atomic E-state index is 14.4. The van der Waals surface area contributed by atoms with Gasteiger partial charge in [-0.3, -0.25) is 0 Å². The number of allylic oxidation sites excluding steroid dienone is 8. The molecule has 1 aromatic heterocycles. The SMILES string of the molecule is NS(=O)(=O)/C=C1/C=C(Nc2ncc(F)c(NC3=C/C(=C/S(=O)(=O)NC4CC4)CC=C3)n2)C=CC1. The van der Waals surface area contributed by atoms with Crippen LogP contribution in [-0.2, 0) is 20.0 Å². The second kappa shape index (κ2) is 9.62. The quantitative estimate of drug-likeness (QED) is 0.418. The van der Waals surface area contributed by atoms with Crippen molar-refractivity contribution in [1.29, 1.82) is 0 Å². The molecule has 13 heteroatoms. The van der Waals surface area contributed by atoms with Crippen LogP contribution in [0.25, 0.3) is 0 Å². The van der Waals surface area contributed by atoms with Gasteiger partial charge >= 0.3 is 0 Å². The van der Waals surface area contributed by atoms with Crippen molar-refractivity contribution in [3.63, 3.8) is 0 Å². The van der Waals surface area contributed by atoms with Gasteiger partial charge in [0.15, 0.2) is 11.6 Å². The van der Waals surface area contributed by atoms with Crippen molar-refractivity contribution in [2.75, 3.05) is 10.6 Å². The van der Waals surface area contributed by atoms with Gasteiger partial charge in [0.25, 0.3) is 0 Å². The van der Waals surface area contributed by atoms with E-state index in [0.717, 1.165) is 24.4 Å². The number of hydrogen-bond donors (Lipinski definition) is 4. The van der Waals surface area contributed by atoms with Crippen molar-refractivity contribution in [2.45, 2.75) is 31.7 Å². The fraction of sp³-hybridized carbons (Fsp3) is 0.238. The average molecular weight is 507 g/mol. The standard InChI is InChI=1S/C21H23FN6O4S2/c22-19-11-24-21(26-18-6-1-3-14(9-18)12-33(23,29)30)27-20(19)25-17-5-2-4-15(10-17)13-34(31,32)28-16-7-8-16/h1-2,5-6,9-13,16,28H,3-4,7-8H2,(H2,23,29,30)(H2,24,25,26,27)/b14-12+,15-13+. The molecule has 180 valence electrons. The summed E-state index contributed by atoms with van der Waals surface area (Å²) in [6.07, 6.45) is 13.6. The fourth-order valence-electron chi connectivity index (χ4n) is 3.24. The van der Waals surface area contributed by atoms with E-state index in [-0.39, 0.29) is 17.8 Å². The molecule has 1 heterocycles. The highest BCUT2D eigenvalue weighted by molar-refractivity contribution is 7.92. The van der Waals surface area contributed by atoms with E-state index in [1.54, 1.807) is 36.5 Å². The van der Waals surface area contributed by atoms with Crippen molar-refractivity contribution in [3.05, 3.63) is 81.8 Å². The predicted molar refractivity (Wildman–Crippen MR) is 127 cm³/mol. The number of aromatic nitrogens is 2. The molecule has 0 radical (unpaired) electrons. The largest absolute Gasteiger partial charge is 0.338 e. The van der Waals surface area contributed by atoms with Crippen LogP contribution in [0.2, 0.25) is 0 Å². The molecule has 0 saturated heterocycles. The zero-order valence-electron chi connectivity index (χ0n) is 17.9. The second-order valence-corrected chi connectivity index (χ2v) is 10.9. The minimum atomic E-state index is -3.79. The third kappa shape index (κ3) is 7.18. The minimum absolute atomic E-state index is 0.00370. The normalized spacial score (nSPS) is 20.9. The number of rotatable bonds is 8. The Labute approximate surface area is 197 Å². The number of nitrogens with two attached hydrogens (primary N) is 1. The molecule has 34 heavy (non-hydrogen) atoms. The van der Waals surface area contributed by atoms with Crippen LogP contribution in [0.15, 0.2) is 76.0 Å². The molecule has 1 saturated carbocycles. The van der Waals surface area contributed by atoms with Gasteiger partial charge in [0, 0.05) is 28.3 Å². The van der Waals surface area contributed by atoms with Crippen LogP contribution in [0.3, 0.4) is 0 Å². The highest BCUT2D eigenvalue weighted by Gasteiger charge is 2.26. The summed E-state index contributed by atoms with van der Waals surface area (Å²) in [5.74, 6) is -0.750. The highest BCUT2D eigenvalue weighted by atomic mass is 32.2. The Bertz CT molecular complexity index is 1390. The molecule has 0 amide bonds. The molecular weight excluding hydrogens is 483 g/mol. The lowest BCUT2D eigenvalue weighted by Gasteiger charge is -2.14. The first kappa shape index (κ1) is 24.0. The van der Waals surface area contributed by atoms with Crippen LogP contribution in [0.5, 0.6) is 0 Å². The van der Waals surface area contributed by atoms with Crippen LogP contribution in [0, 0.1) is 5.82 Å². The second-order valence-electron chi connectivity index (χ2n) is 7.96. The Morgan fingerprint density at radius 2 is 1.59 bits per heavy atom. The summed E-state index contributed by atoms with van der Waals surface area (Å²) in [6, 6.07) is 0.00370. The third-order valence-electron chi connectivity index (χ3n) is 4.78. The first-order valence-corrected chi connectivity index (χ1v) is 13.5. The van der Waals surface area contributed by atoms with Crippen molar-refractivity contribution < 1.29 is 21.2 Å². The summed E-state index contributed by atoms with van der Waals surface area (Å²) in [4.78, 5) is 8.05. The van der Waals surface area contributed by atoms with Crippen LogP contribution < -0.4 is 20.5 Å². The van der Waals surface area contributed by atoms with Gasteiger partial charge in [-0.05, 0) is 61.1 Å². The van der Waals surface area contributed by atoms with E-state index in [0.29, 0.717) is 35.4 Å². The fourth-order valence-corrected chi connectivity index (χ4v) is 5.15. The summed E-state index contributed by atoms with van der Waals surface area (Å²) in [6.45, 7) is 0. The number of anilines is 2. The van der Waals surface area contributed by atoms with E-state index >= 15 is 0 Å². The molecule has 10 nitrogen and oxygen atoms in total. The van der Waals surface area contributed by atoms with E-state index in [4.69, 9.17) is 5.14 Å². The van der Waals surface area contributed by atoms with Crippen molar-refractivity contribution in [2.24, 2.45) is 5.14 Å². The monoisotopic (exact) mass is 506 g/mol. The summed E-state index contributed by atoms with van der Waals surface area (Å²) < 4.78 is 63.9. The van der Waals surface area contributed by atoms with Gasteiger partial charge in [0.05, 0.1) is 6.20 Å². The Morgan fingerprint density at radius 3 is 2.21 bits per heavy atom. The Hall–Kier alpha value is -3.13. The summed E-state index contributed by atoms with van der Waals surface area (Å²) in [5.41, 5.74) is 1.96. The lowest BCUT2D eigenvalue weighted by molar-refractivity contribution is 0.590. The maximum Gasteiger partial charge on any atom is 0.234 e. The molecule has 1 aromatic rings. The van der Waals surface area contributed by atoms with Crippen LogP contribution in [0.4, 0.5) is 16.2 Å². The zero-order chi connectivity index (χ0) is 24.3. The van der Waals surface area contributed by atoms with Gasteiger partial charge < -0.3 is 10.6 Å². The maximum atomic E-state index is 14.4. The molecule has 5 N–H and O–H groups in total. The topological polar surface area (TPSA) is 156 Å². The summed E-state index contributed by atoms with van der Waals surface area (Å²) in [7, 11) is -7.34. The Balaban J connectivity index is 1.50.